The van der Waals surface area contributed by atoms with Crippen LogP contribution in [0.3, 0.4) is 0 Å². The Morgan fingerprint density at radius 2 is 1.63 bits per heavy atom. The Hall–Kier alpha value is -4.66. The fraction of sp³-hybridized carbons (Fsp3) is 0.241. The summed E-state index contributed by atoms with van der Waals surface area (Å²) >= 11 is 0. The molecule has 0 unspecified atom stereocenters. The highest BCUT2D eigenvalue weighted by Gasteiger charge is 2.51. The van der Waals surface area contributed by atoms with Gasteiger partial charge in [0.25, 0.3) is 11.5 Å². The zero-order valence-electron chi connectivity index (χ0n) is 21.1. The Balaban J connectivity index is 1.40. The summed E-state index contributed by atoms with van der Waals surface area (Å²) < 4.78 is 7.65. The van der Waals surface area contributed by atoms with Gasteiger partial charge in [0.1, 0.15) is 5.75 Å². The Bertz CT molecular complexity index is 1660. The summed E-state index contributed by atoms with van der Waals surface area (Å²) in [5, 5.41) is 12.6. The molecule has 0 spiro atoms. The monoisotopic (exact) mass is 513 g/mol. The number of hydrogen-bond donors (Lipinski definition) is 2. The maximum atomic E-state index is 13.4. The second kappa shape index (κ2) is 9.66. The van der Waals surface area contributed by atoms with E-state index in [4.69, 9.17) is 4.74 Å². The molecule has 9 heteroatoms. The molecule has 38 heavy (non-hydrogen) atoms. The van der Waals surface area contributed by atoms with Crippen LogP contribution in [0, 0.1) is 0 Å². The molecule has 1 aromatic heterocycles. The van der Waals surface area contributed by atoms with Crippen LogP contribution in [0.25, 0.3) is 10.9 Å². The van der Waals surface area contributed by atoms with Crippen molar-refractivity contribution >= 4 is 22.8 Å². The predicted molar refractivity (Wildman–Crippen MR) is 142 cm³/mol. The van der Waals surface area contributed by atoms with Crippen LogP contribution in [0.5, 0.6) is 5.75 Å². The molecule has 1 amide bonds. The average molecular weight is 514 g/mol. The molecule has 194 valence electrons. The minimum Gasteiger partial charge on any atom is -0.497 e. The third-order valence-electron chi connectivity index (χ3n) is 7.23. The van der Waals surface area contributed by atoms with Gasteiger partial charge in [-0.25, -0.2) is 4.79 Å². The first-order chi connectivity index (χ1) is 18.2. The highest BCUT2D eigenvalue weighted by atomic mass is 16.5. The molecular weight excluding hydrogens is 486 g/mol. The van der Waals surface area contributed by atoms with E-state index in [1.807, 2.05) is 24.3 Å². The van der Waals surface area contributed by atoms with E-state index in [0.717, 1.165) is 21.4 Å². The highest BCUT2D eigenvalue weighted by molar-refractivity contribution is 5.97. The lowest BCUT2D eigenvalue weighted by Crippen LogP contribution is -2.39. The molecule has 0 bridgehead atoms. The quantitative estimate of drug-likeness (QED) is 0.374. The first kappa shape index (κ1) is 25.0. The molecule has 3 aromatic carbocycles. The number of carboxylic acid groups (broad SMARTS) is 1. The van der Waals surface area contributed by atoms with Gasteiger partial charge in [-0.1, -0.05) is 36.4 Å². The Morgan fingerprint density at radius 3 is 2.24 bits per heavy atom. The van der Waals surface area contributed by atoms with Crippen LogP contribution in [-0.4, -0.2) is 33.2 Å². The molecule has 1 aliphatic carbocycles. The van der Waals surface area contributed by atoms with Crippen molar-refractivity contribution in [1.29, 1.82) is 0 Å². The summed E-state index contributed by atoms with van der Waals surface area (Å²) in [6.45, 7) is 0.327. The minimum absolute atomic E-state index is 0.0235. The van der Waals surface area contributed by atoms with Gasteiger partial charge in [0.15, 0.2) is 0 Å². The summed E-state index contributed by atoms with van der Waals surface area (Å²) in [6.07, 6.45) is 1.20. The molecule has 1 fully saturated rings. The number of amides is 1. The summed E-state index contributed by atoms with van der Waals surface area (Å²) in [6, 6.07) is 19.0. The number of rotatable bonds is 8. The third-order valence-corrected chi connectivity index (χ3v) is 7.23. The van der Waals surface area contributed by atoms with Gasteiger partial charge in [-0.15, -0.1) is 0 Å². The van der Waals surface area contributed by atoms with Crippen molar-refractivity contribution in [3.05, 3.63) is 110 Å². The third kappa shape index (κ3) is 4.47. The number of aliphatic carboxylic acids is 1. The van der Waals surface area contributed by atoms with Crippen molar-refractivity contribution in [2.24, 2.45) is 7.05 Å². The topological polar surface area (TPSA) is 120 Å². The van der Waals surface area contributed by atoms with Gasteiger partial charge < -0.3 is 15.2 Å². The number of benzene rings is 3. The highest BCUT2D eigenvalue weighted by Crippen LogP contribution is 2.48. The number of aryl methyl sites for hydroxylation is 1. The van der Waals surface area contributed by atoms with Crippen LogP contribution in [0.1, 0.15) is 39.9 Å². The standard InChI is InChI=1S/C29H27N3O6/c1-31-24-12-7-20(25(33)30-16-18-5-10-22(38-2)11-6-18)15-23(24)26(34)32(28(31)37)17-19-3-8-21(9-4-19)29(13-14-29)27(35)36/h3-12,15H,13-14,16-17H2,1-2H3,(H,30,33)(H,35,36). The van der Waals surface area contributed by atoms with Gasteiger partial charge in [-0.05, 0) is 59.9 Å². The second-order valence-electron chi connectivity index (χ2n) is 9.58. The van der Waals surface area contributed by atoms with Crippen molar-refractivity contribution in [1.82, 2.24) is 14.5 Å². The average Bonchev–Trinajstić information content (AvgIpc) is 3.75. The lowest BCUT2D eigenvalue weighted by Gasteiger charge is -2.13. The molecule has 5 rings (SSSR count). The van der Waals surface area contributed by atoms with Crippen LogP contribution < -0.4 is 21.3 Å². The summed E-state index contributed by atoms with van der Waals surface area (Å²) in [5.41, 5.74) is 1.25. The molecule has 1 saturated carbocycles. The van der Waals surface area contributed by atoms with Gasteiger partial charge in [0, 0.05) is 19.2 Å². The number of ether oxygens (including phenoxy) is 1. The molecule has 0 saturated heterocycles. The van der Waals surface area contributed by atoms with E-state index in [9.17, 15) is 24.3 Å². The van der Waals surface area contributed by atoms with Crippen LogP contribution in [0.2, 0.25) is 0 Å². The second-order valence-corrected chi connectivity index (χ2v) is 9.58. The largest absolute Gasteiger partial charge is 0.497 e. The van der Waals surface area contributed by atoms with Crippen LogP contribution in [0.4, 0.5) is 0 Å². The van der Waals surface area contributed by atoms with E-state index in [1.165, 1.54) is 10.6 Å². The maximum Gasteiger partial charge on any atom is 0.331 e. The number of hydrogen-bond acceptors (Lipinski definition) is 5. The summed E-state index contributed by atoms with van der Waals surface area (Å²) in [4.78, 5) is 50.8. The van der Waals surface area contributed by atoms with E-state index < -0.39 is 22.6 Å². The number of carbonyl (C=O) groups is 2. The molecule has 0 aliphatic heterocycles. The van der Waals surface area contributed by atoms with Crippen LogP contribution in [-0.2, 0) is 30.3 Å². The molecule has 0 radical (unpaired) electrons. The predicted octanol–water partition coefficient (Wildman–Crippen LogP) is 2.80. The number of carboxylic acids is 1. The first-order valence-corrected chi connectivity index (χ1v) is 12.2. The molecule has 4 aromatic rings. The van der Waals surface area contributed by atoms with E-state index in [-0.39, 0.29) is 17.8 Å². The summed E-state index contributed by atoms with van der Waals surface area (Å²) in [5.74, 6) is -0.459. The number of carbonyl (C=O) groups excluding carboxylic acids is 1. The number of aromatic nitrogens is 2. The van der Waals surface area contributed by atoms with Crippen molar-refractivity contribution in [2.45, 2.75) is 31.3 Å². The minimum atomic E-state index is -0.839. The Kier molecular flexibility index (Phi) is 6.36. The van der Waals surface area contributed by atoms with E-state index >= 15 is 0 Å². The van der Waals surface area contributed by atoms with Gasteiger partial charge in [0.2, 0.25) is 0 Å². The van der Waals surface area contributed by atoms with E-state index in [0.29, 0.717) is 36.0 Å². The number of nitrogens with one attached hydrogen (secondary N) is 1. The Labute approximate surface area is 217 Å². The lowest BCUT2D eigenvalue weighted by molar-refractivity contribution is -0.140. The fourth-order valence-corrected chi connectivity index (χ4v) is 4.69. The van der Waals surface area contributed by atoms with Gasteiger partial charge in [-0.2, -0.15) is 0 Å². The molecule has 1 heterocycles. The molecule has 0 atom stereocenters. The maximum absolute atomic E-state index is 13.4. The van der Waals surface area contributed by atoms with Crippen LogP contribution in [0.15, 0.2) is 76.3 Å². The first-order valence-electron chi connectivity index (χ1n) is 12.2. The smallest absolute Gasteiger partial charge is 0.331 e. The fourth-order valence-electron chi connectivity index (χ4n) is 4.69. The normalized spacial score (nSPS) is 13.7. The van der Waals surface area contributed by atoms with Crippen molar-refractivity contribution < 1.29 is 19.4 Å². The molecule has 2 N–H and O–H groups in total. The zero-order chi connectivity index (χ0) is 27.0. The number of methoxy groups -OCH3 is 1. The lowest BCUT2D eigenvalue weighted by atomic mass is 9.95. The van der Waals surface area contributed by atoms with Gasteiger partial charge >= 0.3 is 11.7 Å². The molecular formula is C29H27N3O6. The SMILES string of the molecule is COc1ccc(CNC(=O)c2ccc3c(c2)c(=O)n(Cc2ccc(C4(C(=O)O)CC4)cc2)c(=O)n3C)cc1. The zero-order valence-corrected chi connectivity index (χ0v) is 21.1. The van der Waals surface area contributed by atoms with E-state index in [1.54, 1.807) is 50.6 Å². The summed E-state index contributed by atoms with van der Waals surface area (Å²) in [7, 11) is 3.16. The van der Waals surface area contributed by atoms with Crippen molar-refractivity contribution in [3.63, 3.8) is 0 Å². The number of fused-ring (bicyclic) bond motifs is 1. The van der Waals surface area contributed by atoms with Gasteiger partial charge in [-0.3, -0.25) is 23.5 Å². The van der Waals surface area contributed by atoms with Gasteiger partial charge in [0.05, 0.1) is 30.0 Å². The van der Waals surface area contributed by atoms with Crippen LogP contribution >= 0.6 is 0 Å². The van der Waals surface area contributed by atoms with E-state index in [2.05, 4.69) is 5.32 Å². The van der Waals surface area contributed by atoms with Crippen molar-refractivity contribution in [2.75, 3.05) is 7.11 Å². The Morgan fingerprint density at radius 1 is 0.974 bits per heavy atom. The molecule has 1 aliphatic rings. The van der Waals surface area contributed by atoms with Crippen molar-refractivity contribution in [3.8, 4) is 5.75 Å². The molecule has 9 nitrogen and oxygen atoms in total. The number of nitrogens with zero attached hydrogens (tertiary/aromatic N) is 2.